The fourth-order valence-electron chi connectivity index (χ4n) is 4.37. The van der Waals surface area contributed by atoms with Crippen LogP contribution in [0.1, 0.15) is 32.6 Å². The number of carbonyl (C=O) groups excluding carboxylic acids is 1. The molecule has 7 heteroatoms. The van der Waals surface area contributed by atoms with Crippen molar-refractivity contribution in [2.24, 2.45) is 0 Å². The summed E-state index contributed by atoms with van der Waals surface area (Å²) in [6, 6.07) is 19.9. The molecule has 1 aliphatic rings. The van der Waals surface area contributed by atoms with Crippen LogP contribution in [0.4, 0.5) is 4.39 Å². The largest absolute Gasteiger partial charge is 0.488 e. The summed E-state index contributed by atoms with van der Waals surface area (Å²) in [5.41, 5.74) is 6.14. The first-order valence-electron chi connectivity index (χ1n) is 12.2. The quantitative estimate of drug-likeness (QED) is 0.220. The van der Waals surface area contributed by atoms with Crippen LogP contribution in [0.15, 0.2) is 66.7 Å². The van der Waals surface area contributed by atoms with E-state index in [2.05, 4.69) is 13.0 Å². The molecular formula is C31H26ClFO5. The molecule has 5 rings (SSSR count). The topological polar surface area (TPSA) is 54.0 Å². The monoisotopic (exact) mass is 532 g/mol. The molecule has 0 N–H and O–H groups in total. The van der Waals surface area contributed by atoms with Crippen molar-refractivity contribution in [3.05, 3.63) is 105 Å². The number of carbonyl (C=O) groups is 1. The van der Waals surface area contributed by atoms with Gasteiger partial charge in [-0.15, -0.1) is 0 Å². The van der Waals surface area contributed by atoms with E-state index in [0.717, 1.165) is 45.6 Å². The molecule has 1 aliphatic heterocycles. The van der Waals surface area contributed by atoms with Crippen LogP contribution >= 0.6 is 11.6 Å². The predicted molar refractivity (Wildman–Crippen MR) is 144 cm³/mol. The van der Waals surface area contributed by atoms with Gasteiger partial charge in [-0.1, -0.05) is 41.9 Å². The van der Waals surface area contributed by atoms with Crippen molar-refractivity contribution in [1.82, 2.24) is 0 Å². The lowest BCUT2D eigenvalue weighted by atomic mass is 9.96. The molecule has 0 amide bonds. The molecule has 0 spiro atoms. The highest BCUT2D eigenvalue weighted by atomic mass is 35.5. The molecule has 5 nitrogen and oxygen atoms in total. The van der Waals surface area contributed by atoms with E-state index in [9.17, 15) is 9.18 Å². The van der Waals surface area contributed by atoms with Gasteiger partial charge in [0, 0.05) is 6.07 Å². The highest BCUT2D eigenvalue weighted by molar-refractivity contribution is 6.30. The van der Waals surface area contributed by atoms with Crippen molar-refractivity contribution in [3.8, 4) is 34.1 Å². The van der Waals surface area contributed by atoms with Crippen molar-refractivity contribution in [2.45, 2.75) is 27.1 Å². The van der Waals surface area contributed by atoms with Crippen molar-refractivity contribution >= 4 is 17.9 Å². The zero-order valence-corrected chi connectivity index (χ0v) is 21.8. The van der Waals surface area contributed by atoms with Crippen LogP contribution in [0, 0.1) is 19.7 Å². The van der Waals surface area contributed by atoms with E-state index in [4.69, 9.17) is 30.5 Å². The van der Waals surface area contributed by atoms with E-state index in [1.807, 2.05) is 37.3 Å². The molecule has 0 aliphatic carbocycles. The van der Waals surface area contributed by atoms with E-state index in [-0.39, 0.29) is 11.6 Å². The van der Waals surface area contributed by atoms with Crippen LogP contribution in [0.25, 0.3) is 11.1 Å². The van der Waals surface area contributed by atoms with Gasteiger partial charge in [-0.2, -0.15) is 0 Å². The molecule has 0 unspecified atom stereocenters. The zero-order chi connectivity index (χ0) is 26.6. The molecule has 4 aromatic carbocycles. The third kappa shape index (κ3) is 5.46. The normalized spacial score (nSPS) is 12.2. The van der Waals surface area contributed by atoms with Gasteiger partial charge in [-0.05, 0) is 77.6 Å². The molecule has 0 bridgehead atoms. The molecule has 0 fully saturated rings. The van der Waals surface area contributed by atoms with Crippen LogP contribution in [0.3, 0.4) is 0 Å². The lowest BCUT2D eigenvalue weighted by Crippen LogP contribution is -2.15. The highest BCUT2D eigenvalue weighted by Crippen LogP contribution is 2.36. The lowest BCUT2D eigenvalue weighted by Gasteiger charge is -2.20. The maximum absolute atomic E-state index is 13.5. The first kappa shape index (κ1) is 25.6. The van der Waals surface area contributed by atoms with E-state index < -0.39 is 5.82 Å². The summed E-state index contributed by atoms with van der Waals surface area (Å²) in [4.78, 5) is 11.7. The van der Waals surface area contributed by atoms with E-state index in [1.165, 1.54) is 12.1 Å². The van der Waals surface area contributed by atoms with Gasteiger partial charge >= 0.3 is 0 Å². The SMILES string of the molecule is Cc1cc(C=O)c(OCc2ccc(F)c(Cl)c2)cc1OCc1cccc(-c2ccc3c(c2)OCCO3)c1C. The van der Waals surface area contributed by atoms with Gasteiger partial charge < -0.3 is 18.9 Å². The summed E-state index contributed by atoms with van der Waals surface area (Å²) in [7, 11) is 0. The van der Waals surface area contributed by atoms with Crippen LogP contribution in [0.5, 0.6) is 23.0 Å². The lowest BCUT2D eigenvalue weighted by molar-refractivity contribution is 0.111. The molecule has 38 heavy (non-hydrogen) atoms. The van der Waals surface area contributed by atoms with Crippen molar-refractivity contribution < 1.29 is 28.1 Å². The van der Waals surface area contributed by atoms with E-state index in [0.29, 0.717) is 42.4 Å². The number of ether oxygens (including phenoxy) is 4. The van der Waals surface area contributed by atoms with Crippen LogP contribution in [-0.2, 0) is 13.2 Å². The van der Waals surface area contributed by atoms with Gasteiger partial charge in [-0.3, -0.25) is 4.79 Å². The second-order valence-electron chi connectivity index (χ2n) is 9.05. The van der Waals surface area contributed by atoms with Crippen LogP contribution in [-0.4, -0.2) is 19.5 Å². The number of benzene rings is 4. The molecule has 0 atom stereocenters. The summed E-state index contributed by atoms with van der Waals surface area (Å²) in [6.07, 6.45) is 0.741. The van der Waals surface area contributed by atoms with Crippen molar-refractivity contribution in [2.75, 3.05) is 13.2 Å². The number of aryl methyl sites for hydroxylation is 1. The fraction of sp³-hybridized carbons (Fsp3) is 0.194. The van der Waals surface area contributed by atoms with Gasteiger partial charge in [0.2, 0.25) is 0 Å². The Morgan fingerprint density at radius 3 is 2.47 bits per heavy atom. The molecule has 0 radical (unpaired) electrons. The molecule has 4 aromatic rings. The zero-order valence-electron chi connectivity index (χ0n) is 21.1. The first-order valence-corrected chi connectivity index (χ1v) is 12.6. The third-order valence-corrected chi connectivity index (χ3v) is 6.78. The number of aldehydes is 1. The molecular weight excluding hydrogens is 507 g/mol. The summed E-state index contributed by atoms with van der Waals surface area (Å²) in [5, 5.41) is 0.0171. The highest BCUT2D eigenvalue weighted by Gasteiger charge is 2.15. The number of hydrogen-bond acceptors (Lipinski definition) is 5. The molecule has 194 valence electrons. The summed E-state index contributed by atoms with van der Waals surface area (Å²) in [6.45, 7) is 5.49. The van der Waals surface area contributed by atoms with Crippen molar-refractivity contribution in [3.63, 3.8) is 0 Å². The van der Waals surface area contributed by atoms with Crippen LogP contribution in [0.2, 0.25) is 5.02 Å². The smallest absolute Gasteiger partial charge is 0.161 e. The molecule has 0 aromatic heterocycles. The summed E-state index contributed by atoms with van der Waals surface area (Å²) >= 11 is 5.88. The number of fused-ring (bicyclic) bond motifs is 1. The van der Waals surface area contributed by atoms with Gasteiger partial charge in [0.15, 0.2) is 17.8 Å². The van der Waals surface area contributed by atoms with Crippen molar-refractivity contribution in [1.29, 1.82) is 0 Å². The summed E-state index contributed by atoms with van der Waals surface area (Å²) < 4.78 is 37.0. The minimum absolute atomic E-state index is 0.0171. The second kappa shape index (κ2) is 11.2. The molecule has 1 heterocycles. The minimum atomic E-state index is -0.497. The Labute approximate surface area is 225 Å². The van der Waals surface area contributed by atoms with Gasteiger partial charge in [0.25, 0.3) is 0 Å². The van der Waals surface area contributed by atoms with E-state index in [1.54, 1.807) is 18.2 Å². The molecule has 0 saturated heterocycles. The Balaban J connectivity index is 1.34. The predicted octanol–water partition coefficient (Wildman–Crippen LogP) is 7.50. The Morgan fingerprint density at radius 1 is 0.895 bits per heavy atom. The number of halogens is 2. The first-order chi connectivity index (χ1) is 18.4. The van der Waals surface area contributed by atoms with Gasteiger partial charge in [0.1, 0.15) is 43.7 Å². The standard InChI is InChI=1S/C31H26ClFO5/c1-19-12-24(16-34)30(37-17-21-6-8-27(33)26(32)13-21)15-29(19)38-18-23-4-3-5-25(20(23)2)22-7-9-28-31(14-22)36-11-10-35-28/h3-9,12-16H,10-11,17-18H2,1-2H3. The number of hydrogen-bond donors (Lipinski definition) is 0. The Bertz CT molecular complexity index is 1500. The van der Waals surface area contributed by atoms with E-state index >= 15 is 0 Å². The maximum atomic E-state index is 13.5. The summed E-state index contributed by atoms with van der Waals surface area (Å²) in [5.74, 6) is 1.99. The number of rotatable bonds is 8. The van der Waals surface area contributed by atoms with Crippen LogP contribution < -0.4 is 18.9 Å². The molecule has 0 saturated carbocycles. The Kier molecular flexibility index (Phi) is 7.52. The maximum Gasteiger partial charge on any atom is 0.161 e. The fourth-order valence-corrected chi connectivity index (χ4v) is 4.58. The van der Waals surface area contributed by atoms with Gasteiger partial charge in [-0.25, -0.2) is 4.39 Å². The second-order valence-corrected chi connectivity index (χ2v) is 9.45. The Morgan fingerprint density at radius 2 is 1.68 bits per heavy atom. The Hall–Kier alpha value is -4.03. The van der Waals surface area contributed by atoms with Gasteiger partial charge in [0.05, 0.1) is 10.6 Å². The average Bonchev–Trinajstić information content (AvgIpc) is 2.93. The minimum Gasteiger partial charge on any atom is -0.488 e. The third-order valence-electron chi connectivity index (χ3n) is 6.50. The average molecular weight is 533 g/mol.